The lowest BCUT2D eigenvalue weighted by Gasteiger charge is -2.22. The van der Waals surface area contributed by atoms with Gasteiger partial charge < -0.3 is 5.11 Å². The Bertz CT molecular complexity index is 628. The normalized spacial score (nSPS) is 11.4. The van der Waals surface area contributed by atoms with Crippen LogP contribution in [-0.4, -0.2) is 32.9 Å². The van der Waals surface area contributed by atoms with Crippen LogP contribution in [0.4, 0.5) is 0 Å². The largest absolute Gasteiger partial charge is 0.396 e. The Hall–Kier alpha value is -1.07. The summed E-state index contributed by atoms with van der Waals surface area (Å²) in [5.74, 6) is 0. The first-order valence-corrected chi connectivity index (χ1v) is 8.02. The summed E-state index contributed by atoms with van der Waals surface area (Å²) in [7, 11) is 1.84. The maximum atomic E-state index is 9.11. The molecular formula is C16H21Cl2N3O. The topological polar surface area (TPSA) is 41.3 Å². The molecule has 0 aliphatic heterocycles. The van der Waals surface area contributed by atoms with Crippen LogP contribution in [0.5, 0.6) is 0 Å². The fourth-order valence-corrected chi connectivity index (χ4v) is 2.93. The molecule has 1 N–H and O–H groups in total. The fraction of sp³-hybridized carbons (Fsp3) is 0.438. The number of benzene rings is 1. The van der Waals surface area contributed by atoms with Gasteiger partial charge in [-0.05, 0) is 31.0 Å². The average Bonchev–Trinajstić information content (AvgIpc) is 2.71. The van der Waals surface area contributed by atoms with Gasteiger partial charge in [-0.3, -0.25) is 9.58 Å². The highest BCUT2D eigenvalue weighted by Gasteiger charge is 2.15. The predicted octanol–water partition coefficient (Wildman–Crippen LogP) is 3.42. The Morgan fingerprint density at radius 3 is 2.64 bits per heavy atom. The van der Waals surface area contributed by atoms with Crippen molar-refractivity contribution in [1.82, 2.24) is 14.7 Å². The molecule has 0 spiro atoms. The van der Waals surface area contributed by atoms with Crippen molar-refractivity contribution in [1.29, 1.82) is 0 Å². The lowest BCUT2D eigenvalue weighted by atomic mass is 10.2. The van der Waals surface area contributed by atoms with Crippen molar-refractivity contribution in [2.75, 3.05) is 13.2 Å². The van der Waals surface area contributed by atoms with E-state index in [1.807, 2.05) is 32.2 Å². The molecule has 1 heterocycles. The number of hydrogen-bond donors (Lipinski definition) is 1. The van der Waals surface area contributed by atoms with Gasteiger partial charge in [0.25, 0.3) is 0 Å². The van der Waals surface area contributed by atoms with E-state index in [1.165, 1.54) is 0 Å². The van der Waals surface area contributed by atoms with Gasteiger partial charge in [-0.1, -0.05) is 35.3 Å². The molecule has 2 rings (SSSR count). The number of rotatable bonds is 7. The third-order valence-electron chi connectivity index (χ3n) is 3.58. The molecule has 0 atom stereocenters. The van der Waals surface area contributed by atoms with E-state index in [-0.39, 0.29) is 6.61 Å². The number of aromatic nitrogens is 2. The second-order valence-electron chi connectivity index (χ2n) is 5.40. The van der Waals surface area contributed by atoms with Gasteiger partial charge in [0, 0.05) is 43.9 Å². The van der Waals surface area contributed by atoms with Gasteiger partial charge in [-0.15, -0.1) is 0 Å². The summed E-state index contributed by atoms with van der Waals surface area (Å²) in [6, 6.07) is 7.83. The molecule has 0 saturated carbocycles. The molecule has 6 heteroatoms. The third-order valence-corrected chi connectivity index (χ3v) is 4.29. The minimum absolute atomic E-state index is 0.172. The molecule has 4 nitrogen and oxygen atoms in total. The minimum atomic E-state index is 0.172. The third kappa shape index (κ3) is 4.46. The highest BCUT2D eigenvalue weighted by molar-refractivity contribution is 6.30. The summed E-state index contributed by atoms with van der Waals surface area (Å²) < 4.78 is 1.69. The Kier molecular flexibility index (Phi) is 6.26. The second kappa shape index (κ2) is 7.97. The van der Waals surface area contributed by atoms with Gasteiger partial charge in [0.15, 0.2) is 0 Å². The summed E-state index contributed by atoms with van der Waals surface area (Å²) in [6.07, 6.45) is 0.720. The maximum absolute atomic E-state index is 9.11. The number of aliphatic hydroxyl groups excluding tert-OH is 1. The number of aliphatic hydroxyl groups is 1. The molecule has 22 heavy (non-hydrogen) atoms. The summed E-state index contributed by atoms with van der Waals surface area (Å²) in [5.41, 5.74) is 3.11. The number of hydrogen-bond acceptors (Lipinski definition) is 3. The van der Waals surface area contributed by atoms with Crippen LogP contribution >= 0.6 is 23.2 Å². The monoisotopic (exact) mass is 341 g/mol. The van der Waals surface area contributed by atoms with Crippen LogP contribution in [0.1, 0.15) is 23.2 Å². The Morgan fingerprint density at radius 2 is 2.05 bits per heavy atom. The zero-order valence-corrected chi connectivity index (χ0v) is 14.4. The van der Waals surface area contributed by atoms with Crippen molar-refractivity contribution in [3.8, 4) is 0 Å². The SMILES string of the molecule is Cc1nn(C)c(Cl)c1CN(CCCO)Cc1cccc(Cl)c1. The molecule has 1 aromatic heterocycles. The first-order chi connectivity index (χ1) is 10.5. The van der Waals surface area contributed by atoms with Crippen molar-refractivity contribution in [2.45, 2.75) is 26.4 Å². The molecule has 0 saturated heterocycles. The van der Waals surface area contributed by atoms with Gasteiger partial charge in [-0.25, -0.2) is 0 Å². The van der Waals surface area contributed by atoms with Gasteiger partial charge >= 0.3 is 0 Å². The van der Waals surface area contributed by atoms with E-state index in [1.54, 1.807) is 4.68 Å². The van der Waals surface area contributed by atoms with Crippen molar-refractivity contribution in [3.05, 3.63) is 51.3 Å². The lowest BCUT2D eigenvalue weighted by Crippen LogP contribution is -2.25. The maximum Gasteiger partial charge on any atom is 0.131 e. The van der Waals surface area contributed by atoms with Gasteiger partial charge in [-0.2, -0.15) is 5.10 Å². The molecule has 0 fully saturated rings. The molecule has 0 radical (unpaired) electrons. The van der Waals surface area contributed by atoms with Crippen LogP contribution in [0.3, 0.4) is 0 Å². The number of nitrogens with zero attached hydrogens (tertiary/aromatic N) is 3. The molecule has 0 aliphatic carbocycles. The fourth-order valence-electron chi connectivity index (χ4n) is 2.48. The molecule has 2 aromatic rings. The van der Waals surface area contributed by atoms with E-state index >= 15 is 0 Å². The van der Waals surface area contributed by atoms with Crippen molar-refractivity contribution >= 4 is 23.2 Å². The number of aryl methyl sites for hydroxylation is 2. The van der Waals surface area contributed by atoms with Crippen LogP contribution in [0.15, 0.2) is 24.3 Å². The molecule has 1 aromatic carbocycles. The molecule has 0 unspecified atom stereocenters. The summed E-state index contributed by atoms with van der Waals surface area (Å²) in [6.45, 7) is 4.38. The molecular weight excluding hydrogens is 321 g/mol. The van der Waals surface area contributed by atoms with E-state index in [2.05, 4.69) is 16.1 Å². The van der Waals surface area contributed by atoms with Crippen molar-refractivity contribution in [2.24, 2.45) is 7.05 Å². The van der Waals surface area contributed by atoms with Gasteiger partial charge in [0.05, 0.1) is 5.69 Å². The Morgan fingerprint density at radius 1 is 1.27 bits per heavy atom. The average molecular weight is 342 g/mol. The smallest absolute Gasteiger partial charge is 0.131 e. The zero-order chi connectivity index (χ0) is 16.1. The quantitative estimate of drug-likeness (QED) is 0.838. The van der Waals surface area contributed by atoms with E-state index in [0.717, 1.165) is 41.4 Å². The summed E-state index contributed by atoms with van der Waals surface area (Å²) in [5, 5.41) is 14.9. The molecule has 0 bridgehead atoms. The molecule has 0 amide bonds. The first-order valence-electron chi connectivity index (χ1n) is 7.27. The Balaban J connectivity index is 2.15. The van der Waals surface area contributed by atoms with Gasteiger partial charge in [0.2, 0.25) is 0 Å². The van der Waals surface area contributed by atoms with E-state index in [9.17, 15) is 0 Å². The van der Waals surface area contributed by atoms with E-state index < -0.39 is 0 Å². The van der Waals surface area contributed by atoms with Gasteiger partial charge in [0.1, 0.15) is 5.15 Å². The highest BCUT2D eigenvalue weighted by Crippen LogP contribution is 2.22. The molecule has 0 aliphatic rings. The van der Waals surface area contributed by atoms with Crippen LogP contribution < -0.4 is 0 Å². The summed E-state index contributed by atoms with van der Waals surface area (Å²) >= 11 is 12.4. The van der Waals surface area contributed by atoms with E-state index in [4.69, 9.17) is 28.3 Å². The zero-order valence-electron chi connectivity index (χ0n) is 12.9. The second-order valence-corrected chi connectivity index (χ2v) is 6.19. The Labute approximate surface area is 141 Å². The lowest BCUT2D eigenvalue weighted by molar-refractivity contribution is 0.212. The van der Waals surface area contributed by atoms with Crippen LogP contribution in [0.25, 0.3) is 0 Å². The molecule has 120 valence electrons. The summed E-state index contributed by atoms with van der Waals surface area (Å²) in [4.78, 5) is 2.25. The number of halogens is 2. The van der Waals surface area contributed by atoms with Crippen molar-refractivity contribution < 1.29 is 5.11 Å². The standard InChI is InChI=1S/C16H21Cl2N3O/c1-12-15(16(18)20(2)19-12)11-21(7-4-8-22)10-13-5-3-6-14(17)9-13/h3,5-6,9,22H,4,7-8,10-11H2,1-2H3. The highest BCUT2D eigenvalue weighted by atomic mass is 35.5. The van der Waals surface area contributed by atoms with Crippen molar-refractivity contribution in [3.63, 3.8) is 0 Å². The first kappa shape index (κ1) is 17.3. The van der Waals surface area contributed by atoms with E-state index in [0.29, 0.717) is 11.7 Å². The van der Waals surface area contributed by atoms with Crippen LogP contribution in [0.2, 0.25) is 10.2 Å². The predicted molar refractivity (Wildman–Crippen MR) is 90.2 cm³/mol. The van der Waals surface area contributed by atoms with Crippen LogP contribution in [-0.2, 0) is 20.1 Å². The van der Waals surface area contributed by atoms with Crippen LogP contribution in [0, 0.1) is 6.92 Å². The minimum Gasteiger partial charge on any atom is -0.396 e.